The summed E-state index contributed by atoms with van der Waals surface area (Å²) in [6, 6.07) is 12.0. The lowest BCUT2D eigenvalue weighted by Crippen LogP contribution is -2.44. The van der Waals surface area contributed by atoms with Gasteiger partial charge in [-0.15, -0.1) is 0 Å². The molecule has 1 aromatic heterocycles. The molecule has 0 aliphatic carbocycles. The Bertz CT molecular complexity index is 1020. The van der Waals surface area contributed by atoms with Gasteiger partial charge in [-0.2, -0.15) is 10.5 Å². The van der Waals surface area contributed by atoms with Crippen LogP contribution in [0.3, 0.4) is 0 Å². The quantitative estimate of drug-likeness (QED) is 0.759. The van der Waals surface area contributed by atoms with Crippen molar-refractivity contribution in [2.45, 2.75) is 19.4 Å². The van der Waals surface area contributed by atoms with E-state index in [0.717, 1.165) is 0 Å². The molecule has 1 aliphatic rings. The maximum absolute atomic E-state index is 13.1. The number of amides is 1. The molecule has 1 amide bonds. The fraction of sp³-hybridized carbons (Fsp3) is 0.211. The van der Waals surface area contributed by atoms with Crippen LogP contribution in [0.4, 0.5) is 11.4 Å². The third-order valence-electron chi connectivity index (χ3n) is 4.36. The number of methoxy groups -OCH3 is 1. The number of ether oxygens (including phenoxy) is 1. The second-order valence-corrected chi connectivity index (χ2v) is 6.69. The number of nitrogens with zero attached hydrogens (tertiary/aromatic N) is 5. The molecule has 134 valence electrons. The predicted octanol–water partition coefficient (Wildman–Crippen LogP) is 2.75. The summed E-state index contributed by atoms with van der Waals surface area (Å²) in [4.78, 5) is 20.4. The van der Waals surface area contributed by atoms with Crippen LogP contribution in [0.5, 0.6) is 5.88 Å². The summed E-state index contributed by atoms with van der Waals surface area (Å²) in [6.07, 6.45) is 1.59. The third kappa shape index (κ3) is 2.86. The Hall–Kier alpha value is -3.49. The predicted molar refractivity (Wildman–Crippen MR) is 103 cm³/mol. The second-order valence-electron chi connectivity index (χ2n) is 6.33. The summed E-state index contributed by atoms with van der Waals surface area (Å²) in [7, 11) is 1.52. The molecule has 27 heavy (non-hydrogen) atoms. The van der Waals surface area contributed by atoms with Crippen LogP contribution in [0.15, 0.2) is 36.5 Å². The molecule has 2 heterocycles. The first-order valence-electron chi connectivity index (χ1n) is 7.98. The van der Waals surface area contributed by atoms with Crippen molar-refractivity contribution < 1.29 is 9.53 Å². The van der Waals surface area contributed by atoms with Gasteiger partial charge in [0.1, 0.15) is 17.7 Å². The van der Waals surface area contributed by atoms with Gasteiger partial charge < -0.3 is 9.64 Å². The van der Waals surface area contributed by atoms with Crippen molar-refractivity contribution in [1.82, 2.24) is 4.98 Å². The van der Waals surface area contributed by atoms with Crippen molar-refractivity contribution in [3.63, 3.8) is 0 Å². The smallest absolute Gasteiger partial charge is 0.259 e. The average molecular weight is 377 g/mol. The molecule has 1 saturated heterocycles. The minimum atomic E-state index is -0.950. The largest absolute Gasteiger partial charge is 0.481 e. The zero-order valence-corrected chi connectivity index (χ0v) is 15.7. The molecule has 1 fully saturated rings. The molecule has 0 unspecified atom stereocenters. The number of anilines is 2. The Labute approximate surface area is 162 Å². The zero-order valence-electron chi connectivity index (χ0n) is 14.9. The van der Waals surface area contributed by atoms with E-state index in [1.54, 1.807) is 43.1 Å². The van der Waals surface area contributed by atoms with Crippen LogP contribution in [0.25, 0.3) is 0 Å². The highest BCUT2D eigenvalue weighted by Gasteiger charge is 2.50. The molecule has 0 radical (unpaired) electrons. The maximum Gasteiger partial charge on any atom is 0.259 e. The van der Waals surface area contributed by atoms with E-state index < -0.39 is 5.54 Å². The van der Waals surface area contributed by atoms with Crippen molar-refractivity contribution in [1.29, 1.82) is 10.5 Å². The summed E-state index contributed by atoms with van der Waals surface area (Å²) in [5, 5.41) is 18.6. The van der Waals surface area contributed by atoms with E-state index in [4.69, 9.17) is 22.2 Å². The molecular formula is C19H15N5O2S. The lowest BCUT2D eigenvalue weighted by molar-refractivity contribution is -0.120. The molecule has 2 aromatic rings. The number of rotatable bonds is 3. The van der Waals surface area contributed by atoms with Crippen molar-refractivity contribution in [3.8, 4) is 18.0 Å². The van der Waals surface area contributed by atoms with Gasteiger partial charge in [-0.3, -0.25) is 9.69 Å². The van der Waals surface area contributed by atoms with Gasteiger partial charge in [0.05, 0.1) is 35.8 Å². The van der Waals surface area contributed by atoms with Crippen LogP contribution in [0.1, 0.15) is 25.0 Å². The van der Waals surface area contributed by atoms with E-state index in [1.165, 1.54) is 24.1 Å². The van der Waals surface area contributed by atoms with E-state index >= 15 is 0 Å². The number of thiocarbonyl (C=S) groups is 1. The first-order valence-corrected chi connectivity index (χ1v) is 8.39. The SMILES string of the molecule is COc1ccc(N2C(=S)N(c3ccc(C#N)c(C#N)c3)C(=O)C2(C)C)cn1. The van der Waals surface area contributed by atoms with E-state index in [0.29, 0.717) is 17.3 Å². The van der Waals surface area contributed by atoms with Gasteiger partial charge in [0.15, 0.2) is 5.11 Å². The van der Waals surface area contributed by atoms with E-state index in [9.17, 15) is 10.1 Å². The van der Waals surface area contributed by atoms with E-state index in [1.807, 2.05) is 12.1 Å². The zero-order chi connectivity index (χ0) is 19.8. The number of nitriles is 2. The van der Waals surface area contributed by atoms with Crippen LogP contribution in [0, 0.1) is 22.7 Å². The highest BCUT2D eigenvalue weighted by molar-refractivity contribution is 7.81. The Kier molecular flexibility index (Phi) is 4.52. The molecule has 8 heteroatoms. The van der Waals surface area contributed by atoms with Crippen LogP contribution in [-0.4, -0.2) is 28.7 Å². The Morgan fingerprint density at radius 1 is 1.11 bits per heavy atom. The molecule has 0 saturated carbocycles. The van der Waals surface area contributed by atoms with Crippen LogP contribution in [0.2, 0.25) is 0 Å². The molecule has 3 rings (SSSR count). The summed E-state index contributed by atoms with van der Waals surface area (Å²) in [6.45, 7) is 3.53. The van der Waals surface area contributed by atoms with Crippen molar-refractivity contribution in [2.24, 2.45) is 0 Å². The molecule has 1 aromatic carbocycles. The minimum absolute atomic E-state index is 0.188. The van der Waals surface area contributed by atoms with Crippen molar-refractivity contribution >= 4 is 34.6 Å². The number of carbonyl (C=O) groups is 1. The van der Waals surface area contributed by atoms with Gasteiger partial charge in [0.25, 0.3) is 5.91 Å². The highest BCUT2D eigenvalue weighted by Crippen LogP contribution is 2.36. The summed E-state index contributed by atoms with van der Waals surface area (Å²) in [5.41, 5.74) is 0.573. The topological polar surface area (TPSA) is 93.2 Å². The van der Waals surface area contributed by atoms with Crippen LogP contribution < -0.4 is 14.5 Å². The Balaban J connectivity index is 2.07. The number of pyridine rings is 1. The molecule has 7 nitrogen and oxygen atoms in total. The van der Waals surface area contributed by atoms with Crippen molar-refractivity contribution in [2.75, 3.05) is 16.9 Å². The lowest BCUT2D eigenvalue weighted by Gasteiger charge is -2.29. The average Bonchev–Trinajstić information content (AvgIpc) is 2.85. The van der Waals surface area contributed by atoms with Gasteiger partial charge >= 0.3 is 0 Å². The van der Waals surface area contributed by atoms with Gasteiger partial charge in [-0.05, 0) is 50.3 Å². The van der Waals surface area contributed by atoms with E-state index in [2.05, 4.69) is 4.98 Å². The third-order valence-corrected chi connectivity index (χ3v) is 4.72. The number of benzene rings is 1. The number of hydrogen-bond donors (Lipinski definition) is 0. The molecule has 0 spiro atoms. The summed E-state index contributed by atoms with van der Waals surface area (Å²) < 4.78 is 5.07. The molecular weight excluding hydrogens is 362 g/mol. The monoisotopic (exact) mass is 377 g/mol. The van der Waals surface area contributed by atoms with Crippen LogP contribution >= 0.6 is 12.2 Å². The normalized spacial score (nSPS) is 15.4. The number of aromatic nitrogens is 1. The Morgan fingerprint density at radius 2 is 1.78 bits per heavy atom. The fourth-order valence-corrected chi connectivity index (χ4v) is 3.46. The second kappa shape index (κ2) is 6.67. The van der Waals surface area contributed by atoms with Gasteiger partial charge in [0, 0.05) is 6.07 Å². The van der Waals surface area contributed by atoms with Gasteiger partial charge in [-0.25, -0.2) is 4.98 Å². The molecule has 0 bridgehead atoms. The highest BCUT2D eigenvalue weighted by atomic mass is 32.1. The Morgan fingerprint density at radius 3 is 2.33 bits per heavy atom. The molecule has 0 N–H and O–H groups in total. The van der Waals surface area contributed by atoms with Crippen molar-refractivity contribution in [3.05, 3.63) is 47.7 Å². The summed E-state index contributed by atoms with van der Waals surface area (Å²) >= 11 is 5.58. The van der Waals surface area contributed by atoms with Crippen LogP contribution in [-0.2, 0) is 4.79 Å². The maximum atomic E-state index is 13.1. The van der Waals surface area contributed by atoms with Gasteiger partial charge in [0.2, 0.25) is 5.88 Å². The molecule has 1 aliphatic heterocycles. The first kappa shape index (κ1) is 18.3. The standard InChI is InChI=1S/C19H15N5O2S/c1-19(2)17(25)23(14-5-4-12(9-20)13(8-14)10-21)18(27)24(19)15-6-7-16(26-3)22-11-15/h4-8,11H,1-3H3. The molecule has 0 atom stereocenters. The van der Waals surface area contributed by atoms with Gasteiger partial charge in [-0.1, -0.05) is 0 Å². The minimum Gasteiger partial charge on any atom is -0.481 e. The number of hydrogen-bond acceptors (Lipinski definition) is 6. The fourth-order valence-electron chi connectivity index (χ4n) is 2.94. The lowest BCUT2D eigenvalue weighted by atomic mass is 10.0. The number of carbonyl (C=O) groups excluding carboxylic acids is 1. The van der Waals surface area contributed by atoms with E-state index in [-0.39, 0.29) is 22.1 Å². The first-order chi connectivity index (χ1) is 12.8. The summed E-state index contributed by atoms with van der Waals surface area (Å²) in [5.74, 6) is 0.215.